The van der Waals surface area contributed by atoms with Gasteiger partial charge in [-0.15, -0.1) is 0 Å². The van der Waals surface area contributed by atoms with Gasteiger partial charge in [-0.25, -0.2) is 15.0 Å². The lowest BCUT2D eigenvalue weighted by atomic mass is 9.84. The van der Waals surface area contributed by atoms with E-state index in [9.17, 15) is 0 Å². The topological polar surface area (TPSA) is 50.1 Å². The van der Waals surface area contributed by atoms with Crippen LogP contribution >= 0.6 is 11.6 Å². The molecule has 7 heteroatoms. The molecule has 0 saturated carbocycles. The van der Waals surface area contributed by atoms with Gasteiger partial charge in [0.15, 0.2) is 0 Å². The van der Waals surface area contributed by atoms with Crippen molar-refractivity contribution in [2.24, 2.45) is 0 Å². The Hall–Kier alpha value is -2.18. The van der Waals surface area contributed by atoms with Crippen molar-refractivity contribution in [1.82, 2.24) is 24.4 Å². The maximum absolute atomic E-state index is 6.31. The first-order chi connectivity index (χ1) is 13.6. The Labute approximate surface area is 170 Å². The van der Waals surface area contributed by atoms with Crippen LogP contribution in [0.2, 0.25) is 5.02 Å². The van der Waals surface area contributed by atoms with E-state index in [0.29, 0.717) is 0 Å². The van der Waals surface area contributed by atoms with Crippen molar-refractivity contribution in [1.29, 1.82) is 0 Å². The van der Waals surface area contributed by atoms with Crippen molar-refractivity contribution in [2.75, 3.05) is 31.1 Å². The molecule has 0 bridgehead atoms. The van der Waals surface area contributed by atoms with E-state index < -0.39 is 0 Å². The van der Waals surface area contributed by atoms with Crippen molar-refractivity contribution < 1.29 is 0 Å². The molecule has 2 aliphatic rings. The van der Waals surface area contributed by atoms with Crippen molar-refractivity contribution in [3.05, 3.63) is 47.5 Å². The van der Waals surface area contributed by atoms with Gasteiger partial charge in [0.25, 0.3) is 0 Å². The molecule has 4 heterocycles. The van der Waals surface area contributed by atoms with E-state index in [0.717, 1.165) is 60.6 Å². The number of rotatable bonds is 3. The minimum atomic E-state index is 0.0659. The molecule has 1 atom stereocenters. The summed E-state index contributed by atoms with van der Waals surface area (Å²) in [5.74, 6) is 1.88. The van der Waals surface area contributed by atoms with Crippen LogP contribution in [0.25, 0.3) is 11.0 Å². The van der Waals surface area contributed by atoms with E-state index in [-0.39, 0.29) is 5.54 Å². The predicted octanol–water partition coefficient (Wildman–Crippen LogP) is 3.53. The number of imidazole rings is 1. The predicted molar refractivity (Wildman–Crippen MR) is 112 cm³/mol. The summed E-state index contributed by atoms with van der Waals surface area (Å²) in [6, 6.07) is 7.85. The first kappa shape index (κ1) is 17.9. The quantitative estimate of drug-likeness (QED) is 0.677. The molecule has 146 valence electrons. The zero-order valence-electron chi connectivity index (χ0n) is 16.2. The van der Waals surface area contributed by atoms with Gasteiger partial charge in [-0.1, -0.05) is 18.0 Å². The molecule has 0 N–H and O–H groups in total. The maximum atomic E-state index is 6.31. The molecule has 0 aliphatic carbocycles. The van der Waals surface area contributed by atoms with Gasteiger partial charge in [0, 0.05) is 43.6 Å². The molecule has 2 saturated heterocycles. The monoisotopic (exact) mass is 396 g/mol. The summed E-state index contributed by atoms with van der Waals surface area (Å²) in [4.78, 5) is 18.8. The standard InChI is InChI=1S/C21H25ClN6/c1-16-25-18-6-5-17(22)13-19(18)28(16)15-21-7-2-3-10-27(21)12-11-26(14-21)20-23-8-4-9-24-20/h4-6,8-9,13H,2-3,7,10-12,14-15H2,1H3. The van der Waals surface area contributed by atoms with E-state index in [1.54, 1.807) is 0 Å². The molecule has 0 amide bonds. The molecule has 0 spiro atoms. The van der Waals surface area contributed by atoms with Crippen LogP contribution in [-0.2, 0) is 6.54 Å². The Morgan fingerprint density at radius 1 is 1.11 bits per heavy atom. The van der Waals surface area contributed by atoms with Crippen LogP contribution in [0.15, 0.2) is 36.7 Å². The second kappa shape index (κ2) is 7.01. The van der Waals surface area contributed by atoms with Crippen LogP contribution in [0.1, 0.15) is 25.1 Å². The van der Waals surface area contributed by atoms with Crippen molar-refractivity contribution in [2.45, 2.75) is 38.3 Å². The summed E-state index contributed by atoms with van der Waals surface area (Å²) in [6.45, 7) is 7.14. The van der Waals surface area contributed by atoms with Crippen molar-refractivity contribution in [3.63, 3.8) is 0 Å². The largest absolute Gasteiger partial charge is 0.338 e. The van der Waals surface area contributed by atoms with E-state index in [1.807, 2.05) is 36.7 Å². The molecule has 2 aromatic heterocycles. The summed E-state index contributed by atoms with van der Waals surface area (Å²) in [5, 5.41) is 0.759. The summed E-state index contributed by atoms with van der Waals surface area (Å²) < 4.78 is 2.36. The van der Waals surface area contributed by atoms with Gasteiger partial charge in [-0.3, -0.25) is 4.90 Å². The Balaban J connectivity index is 1.53. The number of fused-ring (bicyclic) bond motifs is 2. The van der Waals surface area contributed by atoms with Gasteiger partial charge in [0.05, 0.1) is 16.6 Å². The number of hydrogen-bond acceptors (Lipinski definition) is 5. The van der Waals surface area contributed by atoms with Gasteiger partial charge in [-0.2, -0.15) is 0 Å². The summed E-state index contributed by atoms with van der Waals surface area (Å²) in [6.07, 6.45) is 7.37. The van der Waals surface area contributed by atoms with Crippen LogP contribution in [0, 0.1) is 6.92 Å². The normalized spacial score (nSPS) is 23.1. The zero-order chi connectivity index (χ0) is 19.1. The second-order valence-electron chi connectivity index (χ2n) is 8.02. The Morgan fingerprint density at radius 3 is 2.82 bits per heavy atom. The fourth-order valence-electron chi connectivity index (χ4n) is 4.92. The third kappa shape index (κ3) is 3.05. The van der Waals surface area contributed by atoms with Crippen LogP contribution in [0.4, 0.5) is 5.95 Å². The number of halogens is 1. The lowest BCUT2D eigenvalue weighted by Gasteiger charge is -2.53. The second-order valence-corrected chi connectivity index (χ2v) is 8.45. The molecule has 6 nitrogen and oxygen atoms in total. The van der Waals surface area contributed by atoms with Gasteiger partial charge in [0.2, 0.25) is 5.95 Å². The average molecular weight is 397 g/mol. The molecule has 3 aromatic rings. The minimum absolute atomic E-state index is 0.0659. The summed E-state index contributed by atoms with van der Waals surface area (Å²) in [7, 11) is 0. The number of aromatic nitrogens is 4. The molecular formula is C21H25ClN6. The summed E-state index contributed by atoms with van der Waals surface area (Å²) >= 11 is 6.31. The zero-order valence-corrected chi connectivity index (χ0v) is 16.9. The number of anilines is 1. The number of hydrogen-bond donors (Lipinski definition) is 0. The molecule has 2 fully saturated rings. The Bertz CT molecular complexity index is 987. The molecule has 28 heavy (non-hydrogen) atoms. The lowest BCUT2D eigenvalue weighted by molar-refractivity contribution is 0.0213. The molecule has 1 aromatic carbocycles. The SMILES string of the molecule is Cc1nc2ccc(Cl)cc2n1CC12CCCCN1CCN(c1ncccn1)C2. The fourth-order valence-corrected chi connectivity index (χ4v) is 5.09. The van der Waals surface area contributed by atoms with E-state index >= 15 is 0 Å². The van der Waals surface area contributed by atoms with E-state index in [2.05, 4.69) is 31.3 Å². The lowest BCUT2D eigenvalue weighted by Crippen LogP contribution is -2.66. The van der Waals surface area contributed by atoms with Crippen molar-refractivity contribution in [3.8, 4) is 0 Å². The first-order valence-corrected chi connectivity index (χ1v) is 10.4. The van der Waals surface area contributed by atoms with Gasteiger partial charge in [0.1, 0.15) is 5.82 Å². The number of aryl methyl sites for hydroxylation is 1. The fraction of sp³-hybridized carbons (Fsp3) is 0.476. The van der Waals surface area contributed by atoms with E-state index in [1.165, 1.54) is 19.3 Å². The smallest absolute Gasteiger partial charge is 0.225 e. The Kier molecular flexibility index (Phi) is 4.48. The first-order valence-electron chi connectivity index (χ1n) is 10.0. The van der Waals surface area contributed by atoms with Crippen LogP contribution < -0.4 is 4.90 Å². The van der Waals surface area contributed by atoms with Gasteiger partial charge < -0.3 is 9.47 Å². The molecule has 2 aliphatic heterocycles. The average Bonchev–Trinajstić information content (AvgIpc) is 3.02. The van der Waals surface area contributed by atoms with Crippen LogP contribution in [-0.4, -0.2) is 56.1 Å². The maximum Gasteiger partial charge on any atom is 0.225 e. The van der Waals surface area contributed by atoms with Crippen molar-refractivity contribution >= 4 is 28.6 Å². The summed E-state index contributed by atoms with van der Waals surface area (Å²) in [5.41, 5.74) is 2.20. The van der Waals surface area contributed by atoms with Gasteiger partial charge in [-0.05, 0) is 50.6 Å². The molecular weight excluding hydrogens is 372 g/mol. The third-order valence-corrected chi connectivity index (χ3v) is 6.54. The van der Waals surface area contributed by atoms with Crippen LogP contribution in [0.5, 0.6) is 0 Å². The number of piperazine rings is 1. The number of benzene rings is 1. The highest BCUT2D eigenvalue weighted by atomic mass is 35.5. The highest BCUT2D eigenvalue weighted by Crippen LogP contribution is 2.36. The molecule has 0 radical (unpaired) electrons. The highest BCUT2D eigenvalue weighted by Gasteiger charge is 2.44. The molecule has 1 unspecified atom stereocenters. The highest BCUT2D eigenvalue weighted by molar-refractivity contribution is 6.31. The van der Waals surface area contributed by atoms with Gasteiger partial charge >= 0.3 is 0 Å². The number of nitrogens with zero attached hydrogens (tertiary/aromatic N) is 6. The van der Waals surface area contributed by atoms with Crippen LogP contribution in [0.3, 0.4) is 0 Å². The minimum Gasteiger partial charge on any atom is -0.338 e. The van der Waals surface area contributed by atoms with E-state index in [4.69, 9.17) is 16.6 Å². The molecule has 5 rings (SSSR count). The third-order valence-electron chi connectivity index (χ3n) is 6.30. The Morgan fingerprint density at radius 2 is 1.96 bits per heavy atom. The number of piperidine rings is 1.